The van der Waals surface area contributed by atoms with Crippen molar-refractivity contribution in [2.45, 2.75) is 9.79 Å². The van der Waals surface area contributed by atoms with Gasteiger partial charge in [0.05, 0.1) is 20.5 Å². The average Bonchev–Trinajstić information content (AvgIpc) is 2.81. The summed E-state index contributed by atoms with van der Waals surface area (Å²) >= 11 is 7.20. The molecular formula is C15H12ClNO4S2. The van der Waals surface area contributed by atoms with Crippen LogP contribution in [0, 0.1) is 0 Å². The van der Waals surface area contributed by atoms with Gasteiger partial charge in [-0.15, -0.1) is 11.8 Å². The summed E-state index contributed by atoms with van der Waals surface area (Å²) in [5.74, 6) is -0.973. The summed E-state index contributed by atoms with van der Waals surface area (Å²) in [7, 11) is -3.52. The number of phenolic OH excluding ortho intramolecular Hbond substituents is 1. The molecule has 0 aliphatic carbocycles. The smallest absolute Gasteiger partial charge is 0.259 e. The molecule has 2 aromatic carbocycles. The Morgan fingerprint density at radius 1 is 1.30 bits per heavy atom. The molecule has 2 aromatic rings. The van der Waals surface area contributed by atoms with Crippen LogP contribution in [0.5, 0.6) is 5.75 Å². The largest absolute Gasteiger partial charge is 0.505 e. The minimum Gasteiger partial charge on any atom is -0.505 e. The van der Waals surface area contributed by atoms with Crippen LogP contribution in [-0.4, -0.2) is 31.6 Å². The van der Waals surface area contributed by atoms with Crippen LogP contribution in [0.2, 0.25) is 5.02 Å². The number of hydrogen-bond donors (Lipinski definition) is 1. The number of benzene rings is 2. The van der Waals surface area contributed by atoms with Crippen LogP contribution in [0.15, 0.2) is 46.2 Å². The van der Waals surface area contributed by atoms with Crippen LogP contribution < -0.4 is 4.90 Å². The summed E-state index contributed by atoms with van der Waals surface area (Å²) in [5, 5.41) is 9.89. The zero-order valence-electron chi connectivity index (χ0n) is 12.0. The van der Waals surface area contributed by atoms with Crippen molar-refractivity contribution in [2.24, 2.45) is 0 Å². The third kappa shape index (κ3) is 2.69. The third-order valence-corrected chi connectivity index (χ3v) is 6.18. The number of rotatable bonds is 2. The lowest BCUT2D eigenvalue weighted by molar-refractivity contribution is 0.0991. The Labute approximate surface area is 142 Å². The molecule has 0 spiro atoms. The second-order valence-corrected chi connectivity index (χ2v) is 8.14. The molecule has 1 N–H and O–H groups in total. The number of carbonyl (C=O) groups excluding carboxylic acids is 1. The summed E-state index contributed by atoms with van der Waals surface area (Å²) < 4.78 is 24.4. The molecule has 0 atom stereocenters. The highest BCUT2D eigenvalue weighted by Gasteiger charge is 2.36. The molecule has 1 aliphatic heterocycles. The van der Waals surface area contributed by atoms with Crippen molar-refractivity contribution in [1.29, 1.82) is 0 Å². The predicted octanol–water partition coefficient (Wildman–Crippen LogP) is 3.16. The van der Waals surface area contributed by atoms with Gasteiger partial charge >= 0.3 is 0 Å². The van der Waals surface area contributed by atoms with Gasteiger partial charge in [-0.1, -0.05) is 23.7 Å². The Morgan fingerprint density at radius 2 is 2.00 bits per heavy atom. The number of thioether (sulfide) groups is 1. The molecule has 0 aromatic heterocycles. The SMILES string of the molecule is CSc1cc(C(=O)N2CS(=O)(=O)c3ccccc32)cc(Cl)c1O. The van der Waals surface area contributed by atoms with Gasteiger partial charge in [0, 0.05) is 5.56 Å². The molecule has 8 heteroatoms. The van der Waals surface area contributed by atoms with Crippen molar-refractivity contribution < 1.29 is 18.3 Å². The van der Waals surface area contributed by atoms with E-state index in [2.05, 4.69) is 0 Å². The van der Waals surface area contributed by atoms with E-state index in [-0.39, 0.29) is 21.2 Å². The Balaban J connectivity index is 2.08. The number of para-hydroxylation sites is 1. The molecule has 1 heterocycles. The Kier molecular flexibility index (Phi) is 4.03. The number of phenols is 1. The molecule has 0 radical (unpaired) electrons. The number of amides is 1. The van der Waals surface area contributed by atoms with Crippen molar-refractivity contribution in [1.82, 2.24) is 0 Å². The molecule has 0 saturated heterocycles. The first-order chi connectivity index (χ1) is 10.8. The number of fused-ring (bicyclic) bond motifs is 1. The molecule has 1 aliphatic rings. The van der Waals surface area contributed by atoms with Gasteiger partial charge in [0.15, 0.2) is 9.84 Å². The van der Waals surface area contributed by atoms with E-state index in [0.717, 1.165) is 0 Å². The molecular weight excluding hydrogens is 358 g/mol. The lowest BCUT2D eigenvalue weighted by Gasteiger charge is -2.16. The number of hydrogen-bond acceptors (Lipinski definition) is 5. The number of nitrogens with zero attached hydrogens (tertiary/aromatic N) is 1. The second kappa shape index (κ2) is 5.74. The highest BCUT2D eigenvalue weighted by atomic mass is 35.5. The van der Waals surface area contributed by atoms with Gasteiger partial charge < -0.3 is 5.11 Å². The fourth-order valence-corrected chi connectivity index (χ4v) is 4.77. The van der Waals surface area contributed by atoms with E-state index in [4.69, 9.17) is 11.6 Å². The summed E-state index contributed by atoms with van der Waals surface area (Å²) in [4.78, 5) is 14.5. The van der Waals surface area contributed by atoms with Crippen LogP contribution in [0.1, 0.15) is 10.4 Å². The van der Waals surface area contributed by atoms with Gasteiger partial charge in [0.25, 0.3) is 5.91 Å². The topological polar surface area (TPSA) is 74.7 Å². The Morgan fingerprint density at radius 3 is 2.70 bits per heavy atom. The number of aromatic hydroxyl groups is 1. The van der Waals surface area contributed by atoms with Gasteiger partial charge in [-0.2, -0.15) is 0 Å². The van der Waals surface area contributed by atoms with E-state index >= 15 is 0 Å². The fourth-order valence-electron chi connectivity index (χ4n) is 2.43. The highest BCUT2D eigenvalue weighted by molar-refractivity contribution is 7.98. The first kappa shape index (κ1) is 16.2. The monoisotopic (exact) mass is 369 g/mol. The maximum absolute atomic E-state index is 12.7. The van der Waals surface area contributed by atoms with Crippen molar-refractivity contribution in [2.75, 3.05) is 17.0 Å². The molecule has 3 rings (SSSR count). The van der Waals surface area contributed by atoms with Crippen LogP contribution in [-0.2, 0) is 9.84 Å². The predicted molar refractivity (Wildman–Crippen MR) is 90.2 cm³/mol. The summed E-state index contributed by atoms with van der Waals surface area (Å²) in [5.41, 5.74) is 0.580. The maximum Gasteiger partial charge on any atom is 0.259 e. The zero-order chi connectivity index (χ0) is 16.8. The van der Waals surface area contributed by atoms with Crippen molar-refractivity contribution in [3.05, 3.63) is 47.0 Å². The van der Waals surface area contributed by atoms with Crippen LogP contribution in [0.3, 0.4) is 0 Å². The summed E-state index contributed by atoms with van der Waals surface area (Å²) in [6.45, 7) is 0. The summed E-state index contributed by atoms with van der Waals surface area (Å²) in [6, 6.07) is 9.21. The standard InChI is InChI=1S/C15H12ClNO4S2/c1-22-12-7-9(6-10(16)14(12)18)15(19)17-8-23(20,21)13-5-3-2-4-11(13)17/h2-7,18H,8H2,1H3. The summed E-state index contributed by atoms with van der Waals surface area (Å²) in [6.07, 6.45) is 1.75. The maximum atomic E-state index is 12.7. The quantitative estimate of drug-likeness (QED) is 0.823. The number of sulfone groups is 1. The van der Waals surface area contributed by atoms with Gasteiger partial charge in [-0.3, -0.25) is 9.69 Å². The van der Waals surface area contributed by atoms with Crippen LogP contribution in [0.25, 0.3) is 0 Å². The van der Waals surface area contributed by atoms with E-state index in [1.54, 1.807) is 24.5 Å². The number of halogens is 1. The van der Waals surface area contributed by atoms with Gasteiger partial charge in [0.1, 0.15) is 11.6 Å². The van der Waals surface area contributed by atoms with E-state index < -0.39 is 21.6 Å². The van der Waals surface area contributed by atoms with Crippen LogP contribution in [0.4, 0.5) is 5.69 Å². The molecule has 1 amide bonds. The van der Waals surface area contributed by atoms with Crippen LogP contribution >= 0.6 is 23.4 Å². The van der Waals surface area contributed by atoms with E-state index in [1.165, 1.54) is 34.9 Å². The molecule has 5 nitrogen and oxygen atoms in total. The Hall–Kier alpha value is -1.70. The second-order valence-electron chi connectivity index (χ2n) is 4.95. The van der Waals surface area contributed by atoms with E-state index in [1.807, 2.05) is 0 Å². The lowest BCUT2D eigenvalue weighted by atomic mass is 10.1. The van der Waals surface area contributed by atoms with Gasteiger partial charge in [-0.05, 0) is 30.5 Å². The van der Waals surface area contributed by atoms with Crippen molar-refractivity contribution in [3.8, 4) is 5.75 Å². The molecule has 23 heavy (non-hydrogen) atoms. The minimum absolute atomic E-state index is 0.0514. The van der Waals surface area contributed by atoms with Crippen molar-refractivity contribution >= 4 is 44.8 Å². The first-order valence-corrected chi connectivity index (χ1v) is 9.81. The third-order valence-electron chi connectivity index (χ3n) is 3.53. The minimum atomic E-state index is -3.52. The zero-order valence-corrected chi connectivity index (χ0v) is 14.4. The number of carbonyl (C=O) groups is 1. The van der Waals surface area contributed by atoms with Gasteiger partial charge in [0.2, 0.25) is 0 Å². The normalized spacial score (nSPS) is 15.5. The van der Waals surface area contributed by atoms with Gasteiger partial charge in [-0.25, -0.2) is 8.42 Å². The average molecular weight is 370 g/mol. The first-order valence-electron chi connectivity index (χ1n) is 6.55. The van der Waals surface area contributed by atoms with E-state index in [9.17, 15) is 18.3 Å². The fraction of sp³-hybridized carbons (Fsp3) is 0.133. The Bertz CT molecular complexity index is 912. The van der Waals surface area contributed by atoms with E-state index in [0.29, 0.717) is 10.6 Å². The lowest BCUT2D eigenvalue weighted by Crippen LogP contribution is -2.30. The molecule has 0 saturated carbocycles. The molecule has 0 bridgehead atoms. The molecule has 120 valence electrons. The highest BCUT2D eigenvalue weighted by Crippen LogP contribution is 2.38. The number of anilines is 1. The molecule has 0 fully saturated rings. The van der Waals surface area contributed by atoms with Crippen molar-refractivity contribution in [3.63, 3.8) is 0 Å². The molecule has 0 unspecified atom stereocenters.